The molecule has 0 aromatic rings. The molecule has 1 saturated carbocycles. The second kappa shape index (κ2) is 28.7. The maximum atomic E-state index is 13.2. The maximum absolute atomic E-state index is 13.2. The van der Waals surface area contributed by atoms with Crippen molar-refractivity contribution in [2.75, 3.05) is 0 Å². The van der Waals surface area contributed by atoms with Gasteiger partial charge in [-0.15, -0.1) is 0 Å². The third-order valence-electron chi connectivity index (χ3n) is 9.70. The number of carbonyl (C=O) groups excluding carboxylic acids is 2. The lowest BCUT2D eigenvalue weighted by atomic mass is 9.76. The van der Waals surface area contributed by atoms with Crippen LogP contribution in [-0.2, 0) is 19.4 Å². The minimum Gasteiger partial charge on any atom is -0.247 e. The van der Waals surface area contributed by atoms with Gasteiger partial charge in [0.05, 0.1) is 11.8 Å². The number of hydrogen-bond acceptors (Lipinski definition) is 4. The highest BCUT2D eigenvalue weighted by Gasteiger charge is 2.41. The summed E-state index contributed by atoms with van der Waals surface area (Å²) in [4.78, 5) is 35.8. The van der Waals surface area contributed by atoms with Crippen LogP contribution >= 0.6 is 0 Å². The van der Waals surface area contributed by atoms with E-state index in [0.29, 0.717) is 6.42 Å². The molecule has 0 aromatic heterocycles. The topological polar surface area (TPSA) is 52.6 Å². The smallest absolute Gasteiger partial charge is 0.247 e. The lowest BCUT2D eigenvalue weighted by molar-refractivity contribution is -0.267. The molecule has 0 aromatic carbocycles. The van der Waals surface area contributed by atoms with E-state index >= 15 is 0 Å². The van der Waals surface area contributed by atoms with E-state index in [1.54, 1.807) is 0 Å². The number of unbranched alkanes of at least 4 members (excludes halogenated alkanes) is 23. The quantitative estimate of drug-likeness (QED) is 0.0392. The molecule has 4 heteroatoms. The Hall–Kier alpha value is -1.06. The second-order valence-corrected chi connectivity index (χ2v) is 13.7. The average Bonchev–Trinajstić information content (AvgIpc) is 3.25. The SMILES string of the molecule is CCCCCCCCCCCCCCCC(=O)OOC(=O)C1(CCCCCCCCCCCCCC)CCCCCC1. The van der Waals surface area contributed by atoms with Crippen LogP contribution in [0.5, 0.6) is 0 Å². The molecule has 0 saturated heterocycles. The fourth-order valence-electron chi connectivity index (χ4n) is 6.77. The summed E-state index contributed by atoms with van der Waals surface area (Å²) in [5.41, 5.74) is -0.454. The molecule has 1 aliphatic carbocycles. The van der Waals surface area contributed by atoms with Crippen LogP contribution in [0.25, 0.3) is 0 Å². The van der Waals surface area contributed by atoms with Gasteiger partial charge in [0.25, 0.3) is 0 Å². The van der Waals surface area contributed by atoms with Gasteiger partial charge in [-0.25, -0.2) is 19.4 Å². The minimum atomic E-state index is -0.454. The van der Waals surface area contributed by atoms with Crippen LogP contribution in [0.1, 0.15) is 226 Å². The molecular formula is C38H72O4. The van der Waals surface area contributed by atoms with Gasteiger partial charge in [0.15, 0.2) is 0 Å². The summed E-state index contributed by atoms with van der Waals surface area (Å²) in [5.74, 6) is -0.674. The largest absolute Gasteiger partial charge is 0.361 e. The summed E-state index contributed by atoms with van der Waals surface area (Å²) in [5, 5.41) is 0. The van der Waals surface area contributed by atoms with Gasteiger partial charge < -0.3 is 0 Å². The molecule has 0 atom stereocenters. The third kappa shape index (κ3) is 21.6. The number of hydrogen-bond donors (Lipinski definition) is 0. The molecule has 1 rings (SSSR count). The van der Waals surface area contributed by atoms with Crippen LogP contribution in [0.3, 0.4) is 0 Å². The molecule has 0 heterocycles. The van der Waals surface area contributed by atoms with Gasteiger partial charge in [-0.3, -0.25) is 0 Å². The van der Waals surface area contributed by atoms with Crippen LogP contribution in [0.4, 0.5) is 0 Å². The number of rotatable bonds is 28. The third-order valence-corrected chi connectivity index (χ3v) is 9.70. The van der Waals surface area contributed by atoms with E-state index in [4.69, 9.17) is 9.78 Å². The van der Waals surface area contributed by atoms with E-state index in [9.17, 15) is 9.59 Å². The summed E-state index contributed by atoms with van der Waals surface area (Å²) in [6, 6.07) is 0. The first-order valence-electron chi connectivity index (χ1n) is 19.1. The van der Waals surface area contributed by atoms with Crippen molar-refractivity contribution in [2.24, 2.45) is 5.41 Å². The first-order valence-corrected chi connectivity index (χ1v) is 19.1. The first-order chi connectivity index (χ1) is 20.6. The van der Waals surface area contributed by atoms with Gasteiger partial charge in [-0.2, -0.15) is 0 Å². The normalized spacial score (nSPS) is 14.9. The fourth-order valence-corrected chi connectivity index (χ4v) is 6.77. The second-order valence-electron chi connectivity index (χ2n) is 13.7. The lowest BCUT2D eigenvalue weighted by Gasteiger charge is -2.29. The van der Waals surface area contributed by atoms with Crippen molar-refractivity contribution in [3.8, 4) is 0 Å². The van der Waals surface area contributed by atoms with E-state index in [-0.39, 0.29) is 11.9 Å². The standard InChI is InChI=1S/C38H72O4/c1-3-5-7-9-11-13-15-17-18-20-22-24-28-32-36(39)41-42-37(40)38(34-30-26-27-31-35-38)33-29-25-23-21-19-16-14-12-10-8-6-4-2/h3-35H2,1-2H3. The predicted octanol–water partition coefficient (Wildman–Crippen LogP) is 12.9. The molecule has 0 N–H and O–H groups in total. The van der Waals surface area contributed by atoms with E-state index in [0.717, 1.165) is 51.4 Å². The van der Waals surface area contributed by atoms with E-state index < -0.39 is 5.41 Å². The first kappa shape index (κ1) is 39.0. The van der Waals surface area contributed by atoms with Gasteiger partial charge in [0.2, 0.25) is 0 Å². The number of carbonyl (C=O) groups is 2. The zero-order chi connectivity index (χ0) is 30.4. The summed E-state index contributed by atoms with van der Waals surface area (Å²) in [7, 11) is 0. The molecule has 1 fully saturated rings. The zero-order valence-electron chi connectivity index (χ0n) is 28.5. The van der Waals surface area contributed by atoms with Crippen LogP contribution in [-0.4, -0.2) is 11.9 Å². The summed E-state index contributed by atoms with van der Waals surface area (Å²) < 4.78 is 0. The van der Waals surface area contributed by atoms with Crippen molar-refractivity contribution in [3.63, 3.8) is 0 Å². The summed E-state index contributed by atoms with van der Waals surface area (Å²) in [6.07, 6.45) is 39.9. The zero-order valence-corrected chi connectivity index (χ0v) is 28.5. The monoisotopic (exact) mass is 593 g/mol. The highest BCUT2D eigenvalue weighted by atomic mass is 17.2. The van der Waals surface area contributed by atoms with Crippen LogP contribution in [0, 0.1) is 5.41 Å². The Bertz CT molecular complexity index is 608. The maximum Gasteiger partial charge on any atom is 0.361 e. The molecule has 1 aliphatic rings. The molecule has 0 bridgehead atoms. The van der Waals surface area contributed by atoms with Crippen molar-refractivity contribution in [2.45, 2.75) is 226 Å². The molecule has 0 aliphatic heterocycles. The van der Waals surface area contributed by atoms with Crippen LogP contribution < -0.4 is 0 Å². The Morgan fingerprint density at radius 1 is 0.452 bits per heavy atom. The molecule has 0 unspecified atom stereocenters. The van der Waals surface area contributed by atoms with Gasteiger partial charge in [0, 0.05) is 0 Å². The minimum absolute atomic E-state index is 0.286. The molecule has 0 radical (unpaired) electrons. The Kier molecular flexibility index (Phi) is 26.6. The van der Waals surface area contributed by atoms with Crippen LogP contribution in [0.2, 0.25) is 0 Å². The van der Waals surface area contributed by atoms with Crippen LogP contribution in [0.15, 0.2) is 0 Å². The molecule has 248 valence electrons. The van der Waals surface area contributed by atoms with Crippen molar-refractivity contribution < 1.29 is 19.4 Å². The van der Waals surface area contributed by atoms with E-state index in [1.807, 2.05) is 0 Å². The van der Waals surface area contributed by atoms with E-state index in [2.05, 4.69) is 13.8 Å². The highest BCUT2D eigenvalue weighted by molar-refractivity contribution is 5.78. The molecule has 0 spiro atoms. The Labute approximate surface area is 262 Å². The Morgan fingerprint density at radius 2 is 0.810 bits per heavy atom. The van der Waals surface area contributed by atoms with E-state index in [1.165, 1.54) is 154 Å². The molecular weight excluding hydrogens is 520 g/mol. The van der Waals surface area contributed by atoms with Crippen molar-refractivity contribution in [1.82, 2.24) is 0 Å². The predicted molar refractivity (Wildman–Crippen MR) is 178 cm³/mol. The average molecular weight is 593 g/mol. The summed E-state index contributed by atoms with van der Waals surface area (Å²) >= 11 is 0. The molecule has 4 nitrogen and oxygen atoms in total. The lowest BCUT2D eigenvalue weighted by Crippen LogP contribution is -2.33. The Morgan fingerprint density at radius 3 is 1.21 bits per heavy atom. The molecule has 0 amide bonds. The van der Waals surface area contributed by atoms with Crippen molar-refractivity contribution in [1.29, 1.82) is 0 Å². The van der Waals surface area contributed by atoms with Gasteiger partial charge in [-0.1, -0.05) is 194 Å². The van der Waals surface area contributed by atoms with Gasteiger partial charge >= 0.3 is 11.9 Å². The highest BCUT2D eigenvalue weighted by Crippen LogP contribution is 2.41. The fraction of sp³-hybridized carbons (Fsp3) is 0.947. The van der Waals surface area contributed by atoms with Crippen molar-refractivity contribution >= 4 is 11.9 Å². The summed E-state index contributed by atoms with van der Waals surface area (Å²) in [6.45, 7) is 4.55. The van der Waals surface area contributed by atoms with Gasteiger partial charge in [-0.05, 0) is 25.7 Å². The van der Waals surface area contributed by atoms with Gasteiger partial charge in [0.1, 0.15) is 0 Å². The molecule has 42 heavy (non-hydrogen) atoms. The Balaban J connectivity index is 2.13. The van der Waals surface area contributed by atoms with Crippen molar-refractivity contribution in [3.05, 3.63) is 0 Å².